The lowest BCUT2D eigenvalue weighted by molar-refractivity contribution is 0.445. The third-order valence-corrected chi connectivity index (χ3v) is 4.91. The average Bonchev–Trinajstić information content (AvgIpc) is 3.00. The number of nitriles is 1. The average molecular weight is 331 g/mol. The van der Waals surface area contributed by atoms with Crippen LogP contribution in [0.3, 0.4) is 0 Å². The van der Waals surface area contributed by atoms with E-state index in [0.29, 0.717) is 17.5 Å². The van der Waals surface area contributed by atoms with Crippen LogP contribution in [0.15, 0.2) is 36.7 Å². The smallest absolute Gasteiger partial charge is 0.101 e. The summed E-state index contributed by atoms with van der Waals surface area (Å²) in [5.41, 5.74) is 5.71. The van der Waals surface area contributed by atoms with Gasteiger partial charge in [-0.25, -0.2) is 4.52 Å². The molecule has 3 heterocycles. The fourth-order valence-corrected chi connectivity index (χ4v) is 3.22. The highest BCUT2D eigenvalue weighted by Crippen LogP contribution is 2.32. The number of hydrogen-bond donors (Lipinski definition) is 1. The Morgan fingerprint density at radius 3 is 2.76 bits per heavy atom. The maximum atomic E-state index is 9.03. The molecular weight excluding hydrogens is 310 g/mol. The third-order valence-electron chi connectivity index (χ3n) is 4.91. The summed E-state index contributed by atoms with van der Waals surface area (Å²) in [4.78, 5) is 4.68. The largest absolute Gasteiger partial charge is 0.382 e. The molecule has 0 spiro atoms. The summed E-state index contributed by atoms with van der Waals surface area (Å²) in [6.45, 7) is 4.39. The number of hydrogen-bond acceptors (Lipinski definition) is 4. The third kappa shape index (κ3) is 2.85. The zero-order chi connectivity index (χ0) is 17.4. The molecule has 1 N–H and O–H groups in total. The lowest BCUT2D eigenvalue weighted by atomic mass is 9.92. The van der Waals surface area contributed by atoms with Crippen LogP contribution in [-0.4, -0.2) is 20.6 Å². The van der Waals surface area contributed by atoms with Gasteiger partial charge in [-0.3, -0.25) is 4.98 Å². The Labute approximate surface area is 147 Å². The number of nitrogens with one attached hydrogen (secondary N) is 1. The van der Waals surface area contributed by atoms with Gasteiger partial charge >= 0.3 is 0 Å². The van der Waals surface area contributed by atoms with Gasteiger partial charge < -0.3 is 5.32 Å². The van der Waals surface area contributed by atoms with Crippen molar-refractivity contribution in [1.82, 2.24) is 14.6 Å². The number of aromatic nitrogens is 3. The summed E-state index contributed by atoms with van der Waals surface area (Å²) >= 11 is 0. The molecule has 0 unspecified atom stereocenters. The first kappa shape index (κ1) is 15.6. The van der Waals surface area contributed by atoms with Crippen molar-refractivity contribution in [3.05, 3.63) is 47.8 Å². The number of rotatable bonds is 4. The van der Waals surface area contributed by atoms with Crippen molar-refractivity contribution in [2.24, 2.45) is 0 Å². The van der Waals surface area contributed by atoms with Crippen molar-refractivity contribution in [2.75, 3.05) is 5.32 Å². The molecule has 5 nitrogen and oxygen atoms in total. The lowest BCUT2D eigenvalue weighted by Gasteiger charge is -2.29. The van der Waals surface area contributed by atoms with Crippen LogP contribution in [-0.2, 0) is 0 Å². The van der Waals surface area contributed by atoms with Crippen molar-refractivity contribution in [1.29, 1.82) is 5.26 Å². The molecule has 25 heavy (non-hydrogen) atoms. The van der Waals surface area contributed by atoms with Crippen LogP contribution in [0.5, 0.6) is 0 Å². The minimum absolute atomic E-state index is 0.421. The first-order valence-corrected chi connectivity index (χ1v) is 8.80. The molecule has 126 valence electrons. The van der Waals surface area contributed by atoms with Crippen LogP contribution in [0.4, 0.5) is 5.69 Å². The summed E-state index contributed by atoms with van der Waals surface area (Å²) in [6, 6.07) is 10.7. The molecule has 0 aromatic carbocycles. The molecular formula is C20H21N5. The van der Waals surface area contributed by atoms with E-state index in [1.54, 1.807) is 6.20 Å². The Balaban J connectivity index is 1.77. The van der Waals surface area contributed by atoms with Crippen LogP contribution >= 0.6 is 0 Å². The summed E-state index contributed by atoms with van der Waals surface area (Å²) in [5, 5.41) is 17.1. The number of nitrogens with zero attached hydrogens (tertiary/aromatic N) is 4. The highest BCUT2D eigenvalue weighted by atomic mass is 15.2. The molecule has 0 bridgehead atoms. The van der Waals surface area contributed by atoms with Gasteiger partial charge in [0.2, 0.25) is 0 Å². The fourth-order valence-electron chi connectivity index (χ4n) is 3.22. The van der Waals surface area contributed by atoms with Gasteiger partial charge in [-0.1, -0.05) is 13.8 Å². The van der Waals surface area contributed by atoms with Gasteiger partial charge in [0.1, 0.15) is 6.07 Å². The summed E-state index contributed by atoms with van der Waals surface area (Å²) in [6.07, 6.45) is 7.35. The second-order valence-corrected chi connectivity index (χ2v) is 6.99. The van der Waals surface area contributed by atoms with Gasteiger partial charge in [0.05, 0.1) is 28.7 Å². The highest BCUT2D eigenvalue weighted by molar-refractivity contribution is 5.69. The van der Waals surface area contributed by atoms with Crippen molar-refractivity contribution < 1.29 is 0 Å². The quantitative estimate of drug-likeness (QED) is 0.771. The molecule has 1 aliphatic rings. The molecule has 5 heteroatoms. The van der Waals surface area contributed by atoms with Gasteiger partial charge in [0.25, 0.3) is 0 Å². The Kier molecular flexibility index (Phi) is 3.89. The van der Waals surface area contributed by atoms with E-state index in [1.165, 1.54) is 30.5 Å². The highest BCUT2D eigenvalue weighted by Gasteiger charge is 2.20. The molecule has 0 radical (unpaired) electrons. The predicted octanol–water partition coefficient (Wildman–Crippen LogP) is 4.36. The topological polar surface area (TPSA) is 66.0 Å². The van der Waals surface area contributed by atoms with E-state index in [4.69, 9.17) is 5.26 Å². The minimum atomic E-state index is 0.421. The van der Waals surface area contributed by atoms with Gasteiger partial charge in [-0.15, -0.1) is 0 Å². The molecule has 4 rings (SSSR count). The standard InChI is InChI=1S/C20H21N5/c1-13(2)17-12-22-19(9-18(17)24-15-4-3-5-15)20-7-6-16-8-14(10-21)11-23-25(16)20/h6-9,11-13,15H,3-5H2,1-2H3,(H,22,24). The minimum Gasteiger partial charge on any atom is -0.382 e. The van der Waals surface area contributed by atoms with Gasteiger partial charge in [0, 0.05) is 17.9 Å². The monoisotopic (exact) mass is 331 g/mol. The Morgan fingerprint density at radius 2 is 2.08 bits per heavy atom. The fraction of sp³-hybridized carbons (Fsp3) is 0.350. The SMILES string of the molecule is CC(C)c1cnc(-c2ccc3cc(C#N)cnn23)cc1NC1CCC1. The molecule has 1 saturated carbocycles. The van der Waals surface area contributed by atoms with E-state index in [-0.39, 0.29) is 0 Å². The first-order chi connectivity index (χ1) is 12.2. The second-order valence-electron chi connectivity index (χ2n) is 6.99. The molecule has 0 saturated heterocycles. The van der Waals surface area contributed by atoms with E-state index in [9.17, 15) is 0 Å². The van der Waals surface area contributed by atoms with Crippen LogP contribution < -0.4 is 5.32 Å². The summed E-state index contributed by atoms with van der Waals surface area (Å²) in [7, 11) is 0. The van der Waals surface area contributed by atoms with Crippen molar-refractivity contribution in [3.8, 4) is 17.5 Å². The summed E-state index contributed by atoms with van der Waals surface area (Å²) in [5.74, 6) is 0.421. The van der Waals surface area contributed by atoms with E-state index in [2.05, 4.69) is 41.4 Å². The van der Waals surface area contributed by atoms with E-state index in [1.807, 2.05) is 28.9 Å². The molecule has 3 aromatic heterocycles. The van der Waals surface area contributed by atoms with Crippen LogP contribution in [0.2, 0.25) is 0 Å². The molecule has 1 aliphatic carbocycles. The maximum Gasteiger partial charge on any atom is 0.101 e. The van der Waals surface area contributed by atoms with Gasteiger partial charge in [-0.2, -0.15) is 10.4 Å². The number of fused-ring (bicyclic) bond motifs is 1. The van der Waals surface area contributed by atoms with Gasteiger partial charge in [-0.05, 0) is 55.0 Å². The molecule has 0 atom stereocenters. The molecule has 0 aliphatic heterocycles. The van der Waals surface area contributed by atoms with Crippen LogP contribution in [0.25, 0.3) is 16.9 Å². The predicted molar refractivity (Wildman–Crippen MR) is 98.5 cm³/mol. The van der Waals surface area contributed by atoms with E-state index >= 15 is 0 Å². The second kappa shape index (κ2) is 6.21. The zero-order valence-electron chi connectivity index (χ0n) is 14.5. The number of anilines is 1. The van der Waals surface area contributed by atoms with Crippen molar-refractivity contribution >= 4 is 11.2 Å². The zero-order valence-corrected chi connectivity index (χ0v) is 14.5. The van der Waals surface area contributed by atoms with Gasteiger partial charge in [0.15, 0.2) is 0 Å². The Bertz CT molecular complexity index is 960. The van der Waals surface area contributed by atoms with Crippen molar-refractivity contribution in [3.63, 3.8) is 0 Å². The number of pyridine rings is 1. The molecule has 1 fully saturated rings. The molecule has 0 amide bonds. The normalized spacial score (nSPS) is 14.5. The van der Waals surface area contributed by atoms with Crippen LogP contribution in [0.1, 0.15) is 50.2 Å². The summed E-state index contributed by atoms with van der Waals surface area (Å²) < 4.78 is 1.84. The lowest BCUT2D eigenvalue weighted by Crippen LogP contribution is -2.27. The Morgan fingerprint density at radius 1 is 1.24 bits per heavy atom. The van der Waals surface area contributed by atoms with Crippen molar-refractivity contribution in [2.45, 2.75) is 45.1 Å². The molecule has 3 aromatic rings. The first-order valence-electron chi connectivity index (χ1n) is 8.80. The van der Waals surface area contributed by atoms with E-state index < -0.39 is 0 Å². The Hall–Kier alpha value is -2.87. The maximum absolute atomic E-state index is 9.03. The van der Waals surface area contributed by atoms with Crippen LogP contribution in [0, 0.1) is 11.3 Å². The van der Waals surface area contributed by atoms with E-state index in [0.717, 1.165) is 16.9 Å².